The molecule has 0 amide bonds. The van der Waals surface area contributed by atoms with Crippen molar-refractivity contribution < 1.29 is 31.9 Å². The minimum atomic E-state index is -4.28. The number of ether oxygens (including phenoxy) is 2. The summed E-state index contributed by atoms with van der Waals surface area (Å²) in [6.45, 7) is 0.197. The second-order valence-electron chi connectivity index (χ2n) is 3.92. The molecule has 1 heterocycles. The van der Waals surface area contributed by atoms with Gasteiger partial charge < -0.3 is 9.47 Å². The number of thiophene rings is 1. The van der Waals surface area contributed by atoms with Crippen LogP contribution >= 0.6 is 11.3 Å². The highest BCUT2D eigenvalue weighted by Gasteiger charge is 2.32. The Bertz CT molecular complexity index is 639. The van der Waals surface area contributed by atoms with Gasteiger partial charge >= 0.3 is 11.9 Å². The number of carbonyl (C=O) groups is 2. The summed E-state index contributed by atoms with van der Waals surface area (Å²) in [5.74, 6) is -1.89. The fourth-order valence-corrected chi connectivity index (χ4v) is 4.40. The van der Waals surface area contributed by atoms with Crippen LogP contribution in [0.4, 0.5) is 4.39 Å². The van der Waals surface area contributed by atoms with Crippen LogP contribution in [0, 0.1) is 6.92 Å². The van der Waals surface area contributed by atoms with Crippen LogP contribution in [0.3, 0.4) is 0 Å². The van der Waals surface area contributed by atoms with E-state index in [0.717, 1.165) is 25.6 Å². The molecule has 1 atom stereocenters. The smallest absolute Gasteiger partial charge is 0.349 e. The van der Waals surface area contributed by atoms with Gasteiger partial charge in [0.2, 0.25) is 10.0 Å². The van der Waals surface area contributed by atoms with Gasteiger partial charge in [0.15, 0.2) is 0 Å². The highest BCUT2D eigenvalue weighted by Crippen LogP contribution is 2.27. The molecule has 1 unspecified atom stereocenters. The van der Waals surface area contributed by atoms with E-state index in [2.05, 4.69) is 9.47 Å². The van der Waals surface area contributed by atoms with Gasteiger partial charge in [0.25, 0.3) is 0 Å². The average Bonchev–Trinajstić information content (AvgIpc) is 2.85. The molecule has 7 nitrogen and oxygen atoms in total. The summed E-state index contributed by atoms with van der Waals surface area (Å²) in [6, 6.07) is -1.68. The lowest BCUT2D eigenvalue weighted by Crippen LogP contribution is -2.43. The third kappa shape index (κ3) is 3.77. The number of alkyl halides is 1. The lowest BCUT2D eigenvalue weighted by Gasteiger charge is -2.14. The highest BCUT2D eigenvalue weighted by atomic mass is 32.2. The van der Waals surface area contributed by atoms with Crippen molar-refractivity contribution >= 4 is 33.3 Å². The van der Waals surface area contributed by atoms with Gasteiger partial charge in [0.05, 0.1) is 14.2 Å². The molecule has 0 aliphatic carbocycles. The molecule has 0 aliphatic rings. The van der Waals surface area contributed by atoms with Gasteiger partial charge in [-0.1, -0.05) is 0 Å². The van der Waals surface area contributed by atoms with Crippen molar-refractivity contribution in [3.63, 3.8) is 0 Å². The summed E-state index contributed by atoms with van der Waals surface area (Å²) in [6.07, 6.45) is 0. The lowest BCUT2D eigenvalue weighted by atomic mass is 10.3. The fraction of sp³-hybridized carbons (Fsp3) is 0.455. The van der Waals surface area contributed by atoms with Crippen molar-refractivity contribution in [2.75, 3.05) is 20.9 Å². The van der Waals surface area contributed by atoms with Crippen molar-refractivity contribution in [2.24, 2.45) is 0 Å². The molecule has 0 saturated carbocycles. The minimum absolute atomic E-state index is 0.148. The summed E-state index contributed by atoms with van der Waals surface area (Å²) in [4.78, 5) is 22.4. The van der Waals surface area contributed by atoms with Crippen LogP contribution in [0.15, 0.2) is 10.3 Å². The summed E-state index contributed by atoms with van der Waals surface area (Å²) in [7, 11) is -2.16. The summed E-state index contributed by atoms with van der Waals surface area (Å²) >= 11 is 0.881. The van der Waals surface area contributed by atoms with E-state index in [9.17, 15) is 22.4 Å². The first kappa shape index (κ1) is 17.5. The Morgan fingerprint density at radius 3 is 2.48 bits per heavy atom. The van der Waals surface area contributed by atoms with Crippen LogP contribution in [-0.2, 0) is 24.3 Å². The molecule has 10 heteroatoms. The minimum Gasteiger partial charge on any atom is -0.468 e. The Labute approximate surface area is 125 Å². The first-order valence-electron chi connectivity index (χ1n) is 5.61. The van der Waals surface area contributed by atoms with Crippen LogP contribution in [0.2, 0.25) is 0 Å². The van der Waals surface area contributed by atoms with Crippen LogP contribution in [-0.4, -0.2) is 47.3 Å². The number of carbonyl (C=O) groups excluding carboxylic acids is 2. The molecule has 0 fully saturated rings. The monoisotopic (exact) mass is 339 g/mol. The fourth-order valence-electron chi connectivity index (χ4n) is 1.53. The first-order chi connectivity index (χ1) is 9.78. The maximum atomic E-state index is 12.8. The van der Waals surface area contributed by atoms with E-state index in [-0.39, 0.29) is 15.3 Å². The molecule has 1 N–H and O–H groups in total. The quantitative estimate of drug-likeness (QED) is 0.764. The second-order valence-corrected chi connectivity index (χ2v) is 6.45. The summed E-state index contributed by atoms with van der Waals surface area (Å²) < 4.78 is 48.0. The molecule has 0 aliphatic heterocycles. The van der Waals surface area contributed by atoms with Gasteiger partial charge in [-0.25, -0.2) is 17.6 Å². The van der Waals surface area contributed by atoms with Gasteiger partial charge in [-0.15, -0.1) is 11.3 Å². The zero-order chi connectivity index (χ0) is 16.2. The predicted molar refractivity (Wildman–Crippen MR) is 72.5 cm³/mol. The van der Waals surface area contributed by atoms with Crippen molar-refractivity contribution in [2.45, 2.75) is 17.9 Å². The van der Waals surface area contributed by atoms with Crippen LogP contribution in [0.25, 0.3) is 0 Å². The van der Waals surface area contributed by atoms with Crippen LogP contribution < -0.4 is 4.72 Å². The van der Waals surface area contributed by atoms with Gasteiger partial charge in [-0.3, -0.25) is 4.79 Å². The van der Waals surface area contributed by atoms with Gasteiger partial charge in [-0.05, 0) is 17.9 Å². The van der Waals surface area contributed by atoms with E-state index in [4.69, 9.17) is 0 Å². The number of sulfonamides is 1. The Hall–Kier alpha value is -1.52. The van der Waals surface area contributed by atoms with Gasteiger partial charge in [-0.2, -0.15) is 4.72 Å². The molecule has 118 valence electrons. The third-order valence-electron chi connectivity index (χ3n) is 2.49. The van der Waals surface area contributed by atoms with E-state index >= 15 is 0 Å². The molecule has 1 rings (SSSR count). The Morgan fingerprint density at radius 1 is 1.38 bits per heavy atom. The number of rotatable bonds is 6. The number of halogens is 1. The molecule has 0 saturated heterocycles. The number of nitrogens with one attached hydrogen (secondary N) is 1. The van der Waals surface area contributed by atoms with E-state index < -0.39 is 34.7 Å². The number of methoxy groups -OCH3 is 2. The normalized spacial score (nSPS) is 12.8. The predicted octanol–water partition coefficient (Wildman–Crippen LogP) is 0.633. The van der Waals surface area contributed by atoms with E-state index in [1.54, 1.807) is 0 Å². The van der Waals surface area contributed by atoms with E-state index in [1.165, 1.54) is 12.3 Å². The number of hydrogen-bond acceptors (Lipinski definition) is 7. The maximum absolute atomic E-state index is 12.8. The molecular weight excluding hydrogens is 325 g/mol. The number of esters is 2. The molecule has 21 heavy (non-hydrogen) atoms. The first-order valence-corrected chi connectivity index (χ1v) is 7.97. The summed E-state index contributed by atoms with van der Waals surface area (Å²) in [5.41, 5.74) is 0.287. The molecule has 0 bridgehead atoms. The van der Waals surface area contributed by atoms with Crippen molar-refractivity contribution in [3.05, 3.63) is 15.8 Å². The Kier molecular flexibility index (Phi) is 5.81. The lowest BCUT2D eigenvalue weighted by molar-refractivity contribution is -0.142. The maximum Gasteiger partial charge on any atom is 0.349 e. The van der Waals surface area contributed by atoms with Crippen LogP contribution in [0.5, 0.6) is 0 Å². The highest BCUT2D eigenvalue weighted by molar-refractivity contribution is 7.89. The van der Waals surface area contributed by atoms with E-state index in [1.807, 2.05) is 4.72 Å². The standard InChI is InChI=1S/C11H14FNO6S2/c1-6-5-20-8(11(15)19-3)9(6)21(16,17)13-7(4-12)10(14)18-2/h5,7,13H,4H2,1-3H3. The molecule has 1 aromatic heterocycles. The summed E-state index contributed by atoms with van der Waals surface area (Å²) in [5, 5.41) is 1.45. The number of hydrogen-bond donors (Lipinski definition) is 1. The Balaban J connectivity index is 3.22. The molecule has 0 radical (unpaired) electrons. The number of aryl methyl sites for hydroxylation is 1. The largest absolute Gasteiger partial charge is 0.468 e. The third-order valence-corrected chi connectivity index (χ3v) is 5.36. The average molecular weight is 339 g/mol. The molecular formula is C11H14FNO6S2. The zero-order valence-corrected chi connectivity index (χ0v) is 13.1. The van der Waals surface area contributed by atoms with Crippen molar-refractivity contribution in [1.29, 1.82) is 0 Å². The SMILES string of the molecule is COC(=O)c1scc(C)c1S(=O)(=O)NC(CF)C(=O)OC. The van der Waals surface area contributed by atoms with E-state index in [0.29, 0.717) is 0 Å². The Morgan fingerprint density at radius 2 is 2.00 bits per heavy atom. The van der Waals surface area contributed by atoms with Gasteiger partial charge in [0.1, 0.15) is 22.5 Å². The zero-order valence-electron chi connectivity index (χ0n) is 11.5. The molecule has 1 aromatic rings. The van der Waals surface area contributed by atoms with Crippen molar-refractivity contribution in [3.8, 4) is 0 Å². The molecule has 0 aromatic carbocycles. The van der Waals surface area contributed by atoms with Gasteiger partial charge in [0, 0.05) is 0 Å². The van der Waals surface area contributed by atoms with Crippen molar-refractivity contribution in [1.82, 2.24) is 4.72 Å². The topological polar surface area (TPSA) is 98.8 Å². The molecule has 0 spiro atoms. The van der Waals surface area contributed by atoms with Crippen LogP contribution in [0.1, 0.15) is 15.2 Å². The second kappa shape index (κ2) is 6.96.